The van der Waals surface area contributed by atoms with E-state index < -0.39 is 0 Å². The number of hydrogen-bond donors (Lipinski definition) is 1. The first kappa shape index (κ1) is 16.6. The minimum Gasteiger partial charge on any atom is -0.305 e. The van der Waals surface area contributed by atoms with Crippen LogP contribution in [-0.4, -0.2) is 35.7 Å². The summed E-state index contributed by atoms with van der Waals surface area (Å²) < 4.78 is 3.21. The van der Waals surface area contributed by atoms with Crippen molar-refractivity contribution < 1.29 is 4.79 Å². The lowest BCUT2D eigenvalue weighted by Gasteiger charge is -2.07. The summed E-state index contributed by atoms with van der Waals surface area (Å²) in [5, 5.41) is 19.7. The first-order valence-corrected chi connectivity index (χ1v) is 8.40. The standard InChI is InChI=1S/C19H17N7O/c1-13-8-9-17(22-21-13)26-18(12-14(2)23-26)20-19(27)16-10-11-25(24-16)15-6-4-3-5-7-15/h3-12H,1-2H3,(H,20,27). The van der Waals surface area contributed by atoms with Crippen molar-refractivity contribution in [3.8, 4) is 11.5 Å². The molecule has 1 aromatic carbocycles. The molecule has 3 aromatic heterocycles. The number of aryl methyl sites for hydroxylation is 2. The fourth-order valence-corrected chi connectivity index (χ4v) is 2.62. The SMILES string of the molecule is Cc1ccc(-n2nc(C)cc2NC(=O)c2ccn(-c3ccccc3)n2)nn1. The number of hydrogen-bond acceptors (Lipinski definition) is 5. The van der Waals surface area contributed by atoms with E-state index in [1.807, 2.05) is 50.2 Å². The van der Waals surface area contributed by atoms with Crippen molar-refractivity contribution in [1.29, 1.82) is 0 Å². The molecule has 0 spiro atoms. The molecule has 0 unspecified atom stereocenters. The Hall–Kier alpha value is -3.81. The van der Waals surface area contributed by atoms with Crippen LogP contribution in [0.2, 0.25) is 0 Å². The maximum atomic E-state index is 12.6. The molecule has 0 bridgehead atoms. The number of anilines is 1. The van der Waals surface area contributed by atoms with E-state index in [1.165, 1.54) is 0 Å². The number of nitrogens with zero attached hydrogens (tertiary/aromatic N) is 6. The van der Waals surface area contributed by atoms with Crippen LogP contribution in [-0.2, 0) is 0 Å². The Balaban J connectivity index is 1.59. The van der Waals surface area contributed by atoms with Crippen LogP contribution >= 0.6 is 0 Å². The maximum Gasteiger partial charge on any atom is 0.277 e. The number of amides is 1. The largest absolute Gasteiger partial charge is 0.305 e. The molecule has 4 rings (SSSR count). The molecule has 1 N–H and O–H groups in total. The van der Waals surface area contributed by atoms with Crippen LogP contribution < -0.4 is 5.32 Å². The molecule has 8 nitrogen and oxygen atoms in total. The van der Waals surface area contributed by atoms with Gasteiger partial charge in [-0.2, -0.15) is 20.0 Å². The van der Waals surface area contributed by atoms with E-state index >= 15 is 0 Å². The smallest absolute Gasteiger partial charge is 0.277 e. The molecule has 134 valence electrons. The van der Waals surface area contributed by atoms with Gasteiger partial charge < -0.3 is 5.32 Å². The molecule has 0 radical (unpaired) electrons. The average Bonchev–Trinajstić information content (AvgIpc) is 3.30. The zero-order valence-electron chi connectivity index (χ0n) is 14.9. The van der Waals surface area contributed by atoms with Crippen molar-refractivity contribution >= 4 is 11.7 Å². The Bertz CT molecular complexity index is 1080. The zero-order chi connectivity index (χ0) is 18.8. The molecular formula is C19H17N7O. The van der Waals surface area contributed by atoms with Crippen molar-refractivity contribution in [1.82, 2.24) is 29.8 Å². The monoisotopic (exact) mass is 359 g/mol. The molecule has 1 amide bonds. The average molecular weight is 359 g/mol. The van der Waals surface area contributed by atoms with Crippen molar-refractivity contribution in [3.63, 3.8) is 0 Å². The molecule has 0 aliphatic carbocycles. The second kappa shape index (κ2) is 6.83. The number of rotatable bonds is 4. The summed E-state index contributed by atoms with van der Waals surface area (Å²) in [5.41, 5.74) is 2.74. The highest BCUT2D eigenvalue weighted by atomic mass is 16.2. The summed E-state index contributed by atoms with van der Waals surface area (Å²) in [4.78, 5) is 12.6. The predicted octanol–water partition coefficient (Wildman–Crippen LogP) is 2.72. The van der Waals surface area contributed by atoms with E-state index in [9.17, 15) is 4.79 Å². The van der Waals surface area contributed by atoms with Gasteiger partial charge in [-0.25, -0.2) is 4.68 Å². The fourth-order valence-electron chi connectivity index (χ4n) is 2.62. The third kappa shape index (κ3) is 3.45. The van der Waals surface area contributed by atoms with Crippen LogP contribution in [0.25, 0.3) is 11.5 Å². The normalized spacial score (nSPS) is 10.7. The van der Waals surface area contributed by atoms with Gasteiger partial charge in [0.2, 0.25) is 0 Å². The fraction of sp³-hybridized carbons (Fsp3) is 0.105. The van der Waals surface area contributed by atoms with Gasteiger partial charge in [0.25, 0.3) is 5.91 Å². The first-order chi connectivity index (χ1) is 13.1. The maximum absolute atomic E-state index is 12.6. The summed E-state index contributed by atoms with van der Waals surface area (Å²) in [7, 11) is 0. The highest BCUT2D eigenvalue weighted by Gasteiger charge is 2.15. The Morgan fingerprint density at radius 2 is 1.74 bits per heavy atom. The van der Waals surface area contributed by atoms with Crippen molar-refractivity contribution in [2.24, 2.45) is 0 Å². The molecule has 0 atom stereocenters. The van der Waals surface area contributed by atoms with E-state index in [2.05, 4.69) is 25.7 Å². The second-order valence-electron chi connectivity index (χ2n) is 6.05. The van der Waals surface area contributed by atoms with Gasteiger partial charge in [0, 0.05) is 12.3 Å². The van der Waals surface area contributed by atoms with Crippen LogP contribution in [0, 0.1) is 13.8 Å². The lowest BCUT2D eigenvalue weighted by molar-refractivity contribution is 0.102. The van der Waals surface area contributed by atoms with Gasteiger partial charge in [-0.15, -0.1) is 5.10 Å². The topological polar surface area (TPSA) is 90.5 Å². The molecule has 27 heavy (non-hydrogen) atoms. The van der Waals surface area contributed by atoms with Crippen molar-refractivity contribution in [2.45, 2.75) is 13.8 Å². The summed E-state index contributed by atoms with van der Waals surface area (Å²) in [6.45, 7) is 3.70. The van der Waals surface area contributed by atoms with Crippen molar-refractivity contribution in [3.05, 3.63) is 77.9 Å². The van der Waals surface area contributed by atoms with Crippen LogP contribution in [0.5, 0.6) is 0 Å². The van der Waals surface area contributed by atoms with Gasteiger partial charge in [0.15, 0.2) is 11.5 Å². The van der Waals surface area contributed by atoms with E-state index in [-0.39, 0.29) is 5.91 Å². The van der Waals surface area contributed by atoms with Gasteiger partial charge >= 0.3 is 0 Å². The third-order valence-corrected chi connectivity index (χ3v) is 3.92. The van der Waals surface area contributed by atoms with E-state index in [0.29, 0.717) is 17.3 Å². The number of benzene rings is 1. The lowest BCUT2D eigenvalue weighted by atomic mass is 10.3. The van der Waals surface area contributed by atoms with Gasteiger partial charge in [0.1, 0.15) is 5.82 Å². The molecule has 0 saturated heterocycles. The molecular weight excluding hydrogens is 342 g/mol. The Morgan fingerprint density at radius 3 is 2.48 bits per heavy atom. The Morgan fingerprint density at radius 1 is 0.926 bits per heavy atom. The highest BCUT2D eigenvalue weighted by molar-refractivity contribution is 6.02. The number of carbonyl (C=O) groups is 1. The molecule has 4 aromatic rings. The van der Waals surface area contributed by atoms with E-state index in [0.717, 1.165) is 17.1 Å². The molecule has 0 aliphatic heterocycles. The third-order valence-electron chi connectivity index (χ3n) is 3.92. The predicted molar refractivity (Wildman–Crippen MR) is 100 cm³/mol. The molecule has 0 saturated carbocycles. The minimum atomic E-state index is -0.328. The molecule has 0 fully saturated rings. The van der Waals surface area contributed by atoms with Crippen LogP contribution in [0.4, 0.5) is 5.82 Å². The summed E-state index contributed by atoms with van der Waals surface area (Å²) in [6.07, 6.45) is 1.75. The quantitative estimate of drug-likeness (QED) is 0.605. The number of nitrogens with one attached hydrogen (secondary N) is 1. The number of para-hydroxylation sites is 1. The van der Waals surface area contributed by atoms with Crippen molar-refractivity contribution in [2.75, 3.05) is 5.32 Å². The lowest BCUT2D eigenvalue weighted by Crippen LogP contribution is -2.16. The molecule has 8 heteroatoms. The Kier molecular flexibility index (Phi) is 4.21. The molecule has 3 heterocycles. The van der Waals surface area contributed by atoms with Gasteiger partial charge in [-0.3, -0.25) is 4.79 Å². The summed E-state index contributed by atoms with van der Waals surface area (Å²) in [5.74, 6) is 0.703. The van der Waals surface area contributed by atoms with Gasteiger partial charge in [-0.05, 0) is 44.2 Å². The van der Waals surface area contributed by atoms with Crippen LogP contribution in [0.15, 0.2) is 60.8 Å². The first-order valence-electron chi connectivity index (χ1n) is 8.40. The zero-order valence-corrected chi connectivity index (χ0v) is 14.9. The van der Waals surface area contributed by atoms with E-state index in [1.54, 1.807) is 33.8 Å². The van der Waals surface area contributed by atoms with E-state index in [4.69, 9.17) is 0 Å². The summed E-state index contributed by atoms with van der Waals surface area (Å²) >= 11 is 0. The Labute approximate surface area is 155 Å². The number of carbonyl (C=O) groups excluding carboxylic acids is 1. The molecule has 0 aliphatic rings. The van der Waals surface area contributed by atoms with Crippen LogP contribution in [0.1, 0.15) is 21.9 Å². The summed E-state index contributed by atoms with van der Waals surface area (Å²) in [6, 6.07) is 16.7. The second-order valence-corrected chi connectivity index (χ2v) is 6.05. The highest BCUT2D eigenvalue weighted by Crippen LogP contribution is 2.16. The number of aromatic nitrogens is 6. The van der Waals surface area contributed by atoms with Gasteiger partial charge in [0.05, 0.1) is 17.1 Å². The van der Waals surface area contributed by atoms with Crippen LogP contribution in [0.3, 0.4) is 0 Å². The minimum absolute atomic E-state index is 0.305. The van der Waals surface area contributed by atoms with Gasteiger partial charge in [-0.1, -0.05) is 18.2 Å².